The molecule has 0 radical (unpaired) electrons. The van der Waals surface area contributed by atoms with Gasteiger partial charge in [0.1, 0.15) is 11.5 Å². The number of benzene rings is 1. The molecule has 0 aliphatic rings. The molecule has 16 heavy (non-hydrogen) atoms. The molecule has 0 amide bonds. The van der Waals surface area contributed by atoms with Crippen molar-refractivity contribution >= 4 is 11.8 Å². The maximum Gasteiger partial charge on any atom is 0.308 e. The summed E-state index contributed by atoms with van der Waals surface area (Å²) < 4.78 is 5.08. The largest absolute Gasteiger partial charge is 0.426 e. The second-order valence-corrected chi connectivity index (χ2v) is 3.76. The number of Topliss-reactive ketones (excluding diaryl/α,β-unsaturated/α-hetero) is 1. The van der Waals surface area contributed by atoms with Gasteiger partial charge in [-0.1, -0.05) is 18.2 Å². The van der Waals surface area contributed by atoms with Crippen LogP contribution >= 0.6 is 0 Å². The molecule has 3 nitrogen and oxygen atoms in total. The first-order valence-corrected chi connectivity index (χ1v) is 5.35. The number of esters is 1. The highest BCUT2D eigenvalue weighted by Gasteiger charge is 2.05. The fraction of sp³-hybridized carbons (Fsp3) is 0.385. The van der Waals surface area contributed by atoms with E-state index in [1.807, 2.05) is 18.2 Å². The Hall–Kier alpha value is -1.64. The van der Waals surface area contributed by atoms with Crippen LogP contribution in [0.2, 0.25) is 0 Å². The van der Waals surface area contributed by atoms with E-state index in [4.69, 9.17) is 4.74 Å². The smallest absolute Gasteiger partial charge is 0.308 e. The van der Waals surface area contributed by atoms with Crippen LogP contribution in [-0.2, 0) is 16.0 Å². The third-order valence-corrected chi connectivity index (χ3v) is 2.20. The van der Waals surface area contributed by atoms with Crippen molar-refractivity contribution in [1.29, 1.82) is 0 Å². The van der Waals surface area contributed by atoms with E-state index in [0.29, 0.717) is 12.2 Å². The molecule has 1 aromatic carbocycles. The lowest BCUT2D eigenvalue weighted by molar-refractivity contribution is -0.132. The minimum Gasteiger partial charge on any atom is -0.426 e. The van der Waals surface area contributed by atoms with Crippen molar-refractivity contribution in [2.45, 2.75) is 33.1 Å². The van der Waals surface area contributed by atoms with E-state index in [9.17, 15) is 9.59 Å². The van der Waals surface area contributed by atoms with Gasteiger partial charge < -0.3 is 9.53 Å². The summed E-state index contributed by atoms with van der Waals surface area (Å²) in [7, 11) is 0. The summed E-state index contributed by atoms with van der Waals surface area (Å²) in [6.07, 6.45) is 2.10. The van der Waals surface area contributed by atoms with E-state index >= 15 is 0 Å². The average Bonchev–Trinajstić information content (AvgIpc) is 2.19. The fourth-order valence-electron chi connectivity index (χ4n) is 1.49. The van der Waals surface area contributed by atoms with Gasteiger partial charge in [0, 0.05) is 13.3 Å². The normalized spacial score (nSPS) is 9.88. The van der Waals surface area contributed by atoms with Gasteiger partial charge >= 0.3 is 5.97 Å². The predicted molar refractivity (Wildman–Crippen MR) is 61.4 cm³/mol. The van der Waals surface area contributed by atoms with Crippen LogP contribution in [0.3, 0.4) is 0 Å². The Labute approximate surface area is 95.4 Å². The molecule has 0 aromatic heterocycles. The van der Waals surface area contributed by atoms with Gasteiger partial charge in [0.15, 0.2) is 0 Å². The first kappa shape index (κ1) is 12.4. The highest BCUT2D eigenvalue weighted by Crippen LogP contribution is 2.20. The van der Waals surface area contributed by atoms with Crippen molar-refractivity contribution in [3.05, 3.63) is 29.8 Å². The molecule has 0 spiro atoms. The lowest BCUT2D eigenvalue weighted by atomic mass is 10.1. The zero-order valence-electron chi connectivity index (χ0n) is 9.66. The molecule has 0 heterocycles. The van der Waals surface area contributed by atoms with Crippen LogP contribution < -0.4 is 4.74 Å². The second kappa shape index (κ2) is 6.05. The molecule has 3 heteroatoms. The number of ketones is 1. The summed E-state index contributed by atoms with van der Waals surface area (Å²) in [5.74, 6) is 0.461. The molecule has 0 N–H and O–H groups in total. The van der Waals surface area contributed by atoms with Gasteiger partial charge in [0.25, 0.3) is 0 Å². The average molecular weight is 220 g/mol. The van der Waals surface area contributed by atoms with Crippen molar-refractivity contribution in [1.82, 2.24) is 0 Å². The molecule has 0 saturated carbocycles. The maximum atomic E-state index is 10.9. The maximum absolute atomic E-state index is 10.9. The Kier molecular flexibility index (Phi) is 4.70. The molecule has 0 atom stereocenters. The quantitative estimate of drug-likeness (QED) is 0.565. The van der Waals surface area contributed by atoms with Crippen molar-refractivity contribution in [3.63, 3.8) is 0 Å². The number of rotatable bonds is 5. The third-order valence-electron chi connectivity index (χ3n) is 2.20. The molecule has 0 aliphatic carbocycles. The molecule has 0 fully saturated rings. The molecule has 0 bridgehead atoms. The number of ether oxygens (including phenoxy) is 1. The molecule has 0 saturated heterocycles. The van der Waals surface area contributed by atoms with Crippen LogP contribution in [0.5, 0.6) is 5.75 Å². The highest BCUT2D eigenvalue weighted by molar-refractivity contribution is 5.75. The van der Waals surface area contributed by atoms with E-state index < -0.39 is 0 Å². The van der Waals surface area contributed by atoms with Crippen LogP contribution in [0.1, 0.15) is 32.3 Å². The van der Waals surface area contributed by atoms with Crippen molar-refractivity contribution in [2.75, 3.05) is 0 Å². The molecular weight excluding hydrogens is 204 g/mol. The van der Waals surface area contributed by atoms with Gasteiger partial charge in [-0.25, -0.2) is 0 Å². The van der Waals surface area contributed by atoms with Crippen molar-refractivity contribution in [2.24, 2.45) is 0 Å². The summed E-state index contributed by atoms with van der Waals surface area (Å²) in [5, 5.41) is 0. The van der Waals surface area contributed by atoms with Gasteiger partial charge in [0.2, 0.25) is 0 Å². The van der Waals surface area contributed by atoms with Gasteiger partial charge in [-0.2, -0.15) is 0 Å². The van der Waals surface area contributed by atoms with Crippen molar-refractivity contribution < 1.29 is 14.3 Å². The van der Waals surface area contributed by atoms with E-state index in [2.05, 4.69) is 0 Å². The SMILES string of the molecule is CC(=O)CCCc1ccccc1OC(C)=O. The van der Waals surface area contributed by atoms with Gasteiger partial charge in [-0.15, -0.1) is 0 Å². The summed E-state index contributed by atoms with van der Waals surface area (Å²) in [5.41, 5.74) is 0.971. The van der Waals surface area contributed by atoms with Crippen LogP contribution in [0.4, 0.5) is 0 Å². The first-order valence-electron chi connectivity index (χ1n) is 5.35. The summed E-state index contributed by atoms with van der Waals surface area (Å²) in [6, 6.07) is 7.41. The monoisotopic (exact) mass is 220 g/mol. The fourth-order valence-corrected chi connectivity index (χ4v) is 1.49. The Balaban J connectivity index is 2.63. The molecule has 0 aliphatic heterocycles. The zero-order chi connectivity index (χ0) is 12.0. The lowest BCUT2D eigenvalue weighted by Gasteiger charge is -2.07. The summed E-state index contributed by atoms with van der Waals surface area (Å²) in [6.45, 7) is 2.96. The molecule has 1 aromatic rings. The van der Waals surface area contributed by atoms with Crippen LogP contribution in [-0.4, -0.2) is 11.8 Å². The number of carbonyl (C=O) groups excluding carboxylic acids is 2. The summed E-state index contributed by atoms with van der Waals surface area (Å²) in [4.78, 5) is 21.7. The Morgan fingerprint density at radius 3 is 2.50 bits per heavy atom. The lowest BCUT2D eigenvalue weighted by Crippen LogP contribution is -2.04. The Bertz CT molecular complexity index is 383. The van der Waals surface area contributed by atoms with Crippen LogP contribution in [0.25, 0.3) is 0 Å². The zero-order valence-corrected chi connectivity index (χ0v) is 9.66. The second-order valence-electron chi connectivity index (χ2n) is 3.76. The Morgan fingerprint density at radius 1 is 1.19 bits per heavy atom. The minimum atomic E-state index is -0.320. The minimum absolute atomic E-state index is 0.185. The number of aryl methyl sites for hydroxylation is 1. The van der Waals surface area contributed by atoms with E-state index in [1.54, 1.807) is 13.0 Å². The first-order chi connectivity index (χ1) is 7.59. The van der Waals surface area contributed by atoms with Crippen LogP contribution in [0, 0.1) is 0 Å². The predicted octanol–water partition coefficient (Wildman–Crippen LogP) is 2.52. The number of carbonyl (C=O) groups is 2. The summed E-state index contributed by atoms with van der Waals surface area (Å²) >= 11 is 0. The topological polar surface area (TPSA) is 43.4 Å². The van der Waals surface area contributed by atoms with Crippen molar-refractivity contribution in [3.8, 4) is 5.75 Å². The standard InChI is InChI=1S/C13H16O3/c1-10(14)6-5-8-12-7-3-4-9-13(12)16-11(2)15/h3-4,7,9H,5-6,8H2,1-2H3. The highest BCUT2D eigenvalue weighted by atomic mass is 16.5. The van der Waals surface area contributed by atoms with Gasteiger partial charge in [0.05, 0.1) is 0 Å². The van der Waals surface area contributed by atoms with E-state index in [-0.39, 0.29) is 11.8 Å². The van der Waals surface area contributed by atoms with E-state index in [1.165, 1.54) is 6.92 Å². The third kappa shape index (κ3) is 4.26. The van der Waals surface area contributed by atoms with Crippen LogP contribution in [0.15, 0.2) is 24.3 Å². The molecular formula is C13H16O3. The Morgan fingerprint density at radius 2 is 1.88 bits per heavy atom. The number of para-hydroxylation sites is 1. The number of hydrogen-bond donors (Lipinski definition) is 0. The van der Waals surface area contributed by atoms with Gasteiger partial charge in [-0.3, -0.25) is 4.79 Å². The van der Waals surface area contributed by atoms with Gasteiger partial charge in [-0.05, 0) is 31.4 Å². The molecule has 0 unspecified atom stereocenters. The number of hydrogen-bond acceptors (Lipinski definition) is 3. The van der Waals surface area contributed by atoms with E-state index in [0.717, 1.165) is 18.4 Å². The molecule has 1 rings (SSSR count). The molecule has 86 valence electrons.